The van der Waals surface area contributed by atoms with Gasteiger partial charge in [-0.05, 0) is 13.8 Å². The molecule has 0 saturated heterocycles. The van der Waals surface area contributed by atoms with Crippen LogP contribution in [-0.2, 0) is 50.4 Å². The van der Waals surface area contributed by atoms with E-state index < -0.39 is 60.9 Å². The molecule has 0 fully saturated rings. The molecule has 0 radical (unpaired) electrons. The molecule has 0 aliphatic carbocycles. The van der Waals surface area contributed by atoms with Gasteiger partial charge in [-0.25, -0.2) is 0 Å². The van der Waals surface area contributed by atoms with Crippen molar-refractivity contribution in [3.05, 3.63) is 0 Å². The minimum atomic E-state index is -4.95. The average molecular weight is 534 g/mol. The maximum absolute atomic E-state index is 11.5. The van der Waals surface area contributed by atoms with Gasteiger partial charge in [0.05, 0.1) is 13.2 Å². The molecule has 15 heteroatoms. The van der Waals surface area contributed by atoms with Crippen LogP contribution in [0.2, 0.25) is 0 Å². The Balaban J connectivity index is -0.000000117. The van der Waals surface area contributed by atoms with Crippen molar-refractivity contribution in [1.29, 1.82) is 0 Å². The first-order chi connectivity index (χ1) is 14.2. The predicted octanol–water partition coefficient (Wildman–Crippen LogP) is 1.65. The van der Waals surface area contributed by atoms with E-state index in [4.69, 9.17) is 0 Å². The summed E-state index contributed by atoms with van der Waals surface area (Å²) in [6.45, 7) is 9.25. The van der Waals surface area contributed by atoms with Crippen molar-refractivity contribution in [3.63, 3.8) is 0 Å². The van der Waals surface area contributed by atoms with Crippen LogP contribution in [0.4, 0.5) is 26.3 Å². The maximum Gasteiger partial charge on any atom is 2.00 e. The topological polar surface area (TPSA) is 133 Å². The minimum Gasteiger partial charge on any atom is -0.852 e. The number of alkyl halides is 6. The second-order valence-corrected chi connectivity index (χ2v) is 5.90. The van der Waals surface area contributed by atoms with Gasteiger partial charge in [0.2, 0.25) is 11.6 Å². The number of Topliss-reactive ketones (excluding diaryl/α,β-unsaturated/α-hetero) is 2. The molecule has 0 rings (SSSR count). The summed E-state index contributed by atoms with van der Waals surface area (Å²) in [7, 11) is 0. The van der Waals surface area contributed by atoms with Crippen LogP contribution in [0.1, 0.15) is 54.4 Å². The number of hydrogen-bond acceptors (Lipinski definition) is 8. The standard InChI is InChI=1S/2C6H7F3O3.2C3H7O.Ti/c2*1-2-12-5(11)3-4(10)6(7,8)9;2*1-3(2)4;/h2*2-3H2,1H3;2*3H,1-2H3;/q;;2*-1;+2. The van der Waals surface area contributed by atoms with Gasteiger partial charge in [-0.15, -0.1) is 12.2 Å². The predicted molar refractivity (Wildman–Crippen MR) is 94.9 cm³/mol. The normalized spacial score (nSPS) is 10.2. The van der Waals surface area contributed by atoms with Gasteiger partial charge >= 0.3 is 46.0 Å². The fraction of sp³-hybridized carbons (Fsp3) is 0.778. The number of halogens is 6. The first kappa shape index (κ1) is 41.7. The molecular formula is C18H28F6O8Ti. The second kappa shape index (κ2) is 22.3. The van der Waals surface area contributed by atoms with Gasteiger partial charge in [0.25, 0.3) is 0 Å². The van der Waals surface area contributed by atoms with E-state index in [1.54, 1.807) is 27.7 Å². The molecule has 0 spiro atoms. The van der Waals surface area contributed by atoms with Gasteiger partial charge in [-0.2, -0.15) is 26.3 Å². The summed E-state index contributed by atoms with van der Waals surface area (Å²) in [5.41, 5.74) is 0. The van der Waals surface area contributed by atoms with E-state index in [-0.39, 0.29) is 34.9 Å². The molecule has 0 aromatic heterocycles. The second-order valence-electron chi connectivity index (χ2n) is 5.90. The zero-order valence-electron chi connectivity index (χ0n) is 19.0. The Kier molecular flexibility index (Phi) is 28.2. The van der Waals surface area contributed by atoms with Crippen LogP contribution >= 0.6 is 0 Å². The molecule has 0 amide bonds. The van der Waals surface area contributed by atoms with Gasteiger partial charge in [0.1, 0.15) is 12.8 Å². The zero-order chi connectivity index (χ0) is 26.7. The number of ketones is 2. The average Bonchev–Trinajstić information content (AvgIpc) is 2.52. The largest absolute Gasteiger partial charge is 2.00 e. The van der Waals surface area contributed by atoms with E-state index in [9.17, 15) is 55.7 Å². The minimum absolute atomic E-state index is 0. The van der Waals surface area contributed by atoms with Crippen molar-refractivity contribution in [2.45, 2.75) is 78.9 Å². The van der Waals surface area contributed by atoms with E-state index in [1.165, 1.54) is 13.8 Å². The van der Waals surface area contributed by atoms with Gasteiger partial charge in [-0.3, -0.25) is 19.2 Å². The number of ether oxygens (including phenoxy) is 2. The SMILES string of the molecule is CC(C)[O-].CC(C)[O-].CCOC(=O)CC(=O)C(F)(F)F.CCOC(=O)CC(=O)C(F)(F)F.[Ti+2]. The summed E-state index contributed by atoms with van der Waals surface area (Å²) in [6, 6.07) is 0. The monoisotopic (exact) mass is 534 g/mol. The Labute approximate surface area is 202 Å². The van der Waals surface area contributed by atoms with Gasteiger partial charge in [-0.1, -0.05) is 27.7 Å². The van der Waals surface area contributed by atoms with Crippen LogP contribution in [0.3, 0.4) is 0 Å². The Morgan fingerprint density at radius 3 is 0.970 bits per heavy atom. The molecular weight excluding hydrogens is 506 g/mol. The summed E-state index contributed by atoms with van der Waals surface area (Å²) in [5, 5.41) is 19.1. The number of carbonyl (C=O) groups is 4. The summed E-state index contributed by atoms with van der Waals surface area (Å²) in [6.07, 6.45) is -13.2. The Bertz CT molecular complexity index is 496. The quantitative estimate of drug-likeness (QED) is 0.218. The van der Waals surface area contributed by atoms with Crippen LogP contribution in [-0.4, -0.2) is 61.3 Å². The van der Waals surface area contributed by atoms with Gasteiger partial charge in [0, 0.05) is 0 Å². The Hall–Kier alpha value is -1.51. The number of esters is 2. The van der Waals surface area contributed by atoms with Gasteiger partial charge in [0.15, 0.2) is 0 Å². The molecule has 0 aliphatic rings. The third-order valence-electron chi connectivity index (χ3n) is 1.85. The molecule has 0 N–H and O–H groups in total. The van der Waals surface area contributed by atoms with E-state index in [1.807, 2.05) is 0 Å². The molecule has 0 atom stereocenters. The molecule has 0 saturated carbocycles. The van der Waals surface area contributed by atoms with Crippen molar-refractivity contribution in [2.24, 2.45) is 0 Å². The summed E-state index contributed by atoms with van der Waals surface area (Å²) >= 11 is 0. The molecule has 0 heterocycles. The number of hydrogen-bond donors (Lipinski definition) is 0. The van der Waals surface area contributed by atoms with Crippen LogP contribution in [0.15, 0.2) is 0 Å². The fourth-order valence-electron chi connectivity index (χ4n) is 0.887. The first-order valence-corrected chi connectivity index (χ1v) is 9.05. The van der Waals surface area contributed by atoms with E-state index >= 15 is 0 Å². The summed E-state index contributed by atoms with van der Waals surface area (Å²) in [5.74, 6) is -6.47. The van der Waals surface area contributed by atoms with Crippen molar-refractivity contribution < 1.29 is 86.9 Å². The molecule has 0 aromatic carbocycles. The zero-order valence-corrected chi connectivity index (χ0v) is 20.6. The molecule has 0 unspecified atom stereocenters. The summed E-state index contributed by atoms with van der Waals surface area (Å²) in [4.78, 5) is 41.0. The van der Waals surface area contributed by atoms with Crippen molar-refractivity contribution in [3.8, 4) is 0 Å². The van der Waals surface area contributed by atoms with E-state index in [2.05, 4.69) is 9.47 Å². The number of carbonyl (C=O) groups excluding carboxylic acids is 4. The van der Waals surface area contributed by atoms with E-state index in [0.717, 1.165) is 0 Å². The van der Waals surface area contributed by atoms with Crippen LogP contribution < -0.4 is 10.2 Å². The van der Waals surface area contributed by atoms with Crippen LogP contribution in [0.5, 0.6) is 0 Å². The smallest absolute Gasteiger partial charge is 0.852 e. The third kappa shape index (κ3) is 41.3. The first-order valence-electron chi connectivity index (χ1n) is 9.05. The maximum atomic E-state index is 11.5. The van der Waals surface area contributed by atoms with Crippen molar-refractivity contribution in [2.75, 3.05) is 13.2 Å². The van der Waals surface area contributed by atoms with Crippen LogP contribution in [0, 0.1) is 0 Å². The Morgan fingerprint density at radius 1 is 0.667 bits per heavy atom. The fourth-order valence-corrected chi connectivity index (χ4v) is 0.887. The van der Waals surface area contributed by atoms with Crippen LogP contribution in [0.25, 0.3) is 0 Å². The third-order valence-corrected chi connectivity index (χ3v) is 1.85. The van der Waals surface area contributed by atoms with Crippen molar-refractivity contribution in [1.82, 2.24) is 0 Å². The molecule has 0 bridgehead atoms. The molecule has 0 aliphatic heterocycles. The molecule has 0 aromatic rings. The van der Waals surface area contributed by atoms with E-state index in [0.29, 0.717) is 0 Å². The van der Waals surface area contributed by atoms with Gasteiger partial charge < -0.3 is 19.7 Å². The molecule has 8 nitrogen and oxygen atoms in total. The van der Waals surface area contributed by atoms with Crippen molar-refractivity contribution >= 4 is 23.5 Å². The molecule has 194 valence electrons. The molecule has 33 heavy (non-hydrogen) atoms. The summed E-state index contributed by atoms with van der Waals surface area (Å²) < 4.78 is 77.3. The number of rotatable bonds is 6. The Morgan fingerprint density at radius 2 is 0.848 bits per heavy atom.